The number of rotatable bonds is 7. The summed E-state index contributed by atoms with van der Waals surface area (Å²) in [4.78, 5) is 8.25. The Balaban J connectivity index is 1.93. The zero-order valence-electron chi connectivity index (χ0n) is 17.0. The largest absolute Gasteiger partial charge is 0.424 e. The molecule has 0 aliphatic heterocycles. The number of ether oxygens (including phenoxy) is 1. The summed E-state index contributed by atoms with van der Waals surface area (Å²) in [6, 6.07) is 10.4. The third-order valence-corrected chi connectivity index (χ3v) is 5.62. The molecule has 0 saturated heterocycles. The van der Waals surface area contributed by atoms with Crippen LogP contribution in [0, 0.1) is 11.3 Å². The van der Waals surface area contributed by atoms with E-state index in [9.17, 15) is 5.26 Å². The van der Waals surface area contributed by atoms with Gasteiger partial charge in [-0.1, -0.05) is 30.3 Å². The van der Waals surface area contributed by atoms with Crippen molar-refractivity contribution in [1.29, 1.82) is 5.26 Å². The van der Waals surface area contributed by atoms with Crippen LogP contribution in [-0.2, 0) is 0 Å². The zero-order valence-corrected chi connectivity index (χ0v) is 17.7. The minimum Gasteiger partial charge on any atom is -0.424 e. The number of nitrogens with zero attached hydrogens (tertiary/aromatic N) is 4. The van der Waals surface area contributed by atoms with Crippen LogP contribution in [0.2, 0.25) is 0 Å². The standard InChI is InChI=1S/C24H22ClN5O/c1-2-5-16(12-17(25)14-26)23-21(15-27)20-9-8-19(31-24-28-10-4-11-29-24)13-22(20)30(23)18-6-3-7-18/h2,4-5,8-13,18H,1,3,6-7,14,26H2/b16-5+,17-12+. The van der Waals surface area contributed by atoms with E-state index in [4.69, 9.17) is 22.1 Å². The average Bonchev–Trinajstić information content (AvgIpc) is 3.06. The Morgan fingerprint density at radius 1 is 1.35 bits per heavy atom. The first-order chi connectivity index (χ1) is 15.2. The van der Waals surface area contributed by atoms with Crippen molar-refractivity contribution in [3.8, 4) is 17.8 Å². The fourth-order valence-electron chi connectivity index (χ4n) is 3.77. The number of nitriles is 1. The topological polar surface area (TPSA) is 89.8 Å². The lowest BCUT2D eigenvalue weighted by Gasteiger charge is -2.30. The molecule has 4 rings (SSSR count). The SMILES string of the molecule is C=C/C=C(\C=C(\Cl)CN)c1c(C#N)c2ccc(Oc3ncccn3)cc2n1C1CCC1. The number of allylic oxidation sites excluding steroid dienone is 4. The maximum absolute atomic E-state index is 10.1. The molecule has 0 unspecified atom stereocenters. The van der Waals surface area contributed by atoms with E-state index in [1.54, 1.807) is 24.5 Å². The number of fused-ring (bicyclic) bond motifs is 1. The van der Waals surface area contributed by atoms with E-state index in [-0.39, 0.29) is 12.6 Å². The van der Waals surface area contributed by atoms with Gasteiger partial charge in [-0.05, 0) is 43.5 Å². The van der Waals surface area contributed by atoms with E-state index >= 15 is 0 Å². The second-order valence-corrected chi connectivity index (χ2v) is 7.74. The Hall–Kier alpha value is -3.40. The van der Waals surface area contributed by atoms with Gasteiger partial charge in [0.2, 0.25) is 0 Å². The van der Waals surface area contributed by atoms with E-state index in [0.717, 1.165) is 41.4 Å². The van der Waals surface area contributed by atoms with Crippen molar-refractivity contribution in [2.45, 2.75) is 25.3 Å². The summed E-state index contributed by atoms with van der Waals surface area (Å²) in [5, 5.41) is 11.4. The minimum atomic E-state index is 0.219. The van der Waals surface area contributed by atoms with E-state index < -0.39 is 0 Å². The molecule has 0 radical (unpaired) electrons. The third kappa shape index (κ3) is 4.11. The van der Waals surface area contributed by atoms with Crippen LogP contribution >= 0.6 is 11.6 Å². The highest BCUT2D eigenvalue weighted by Gasteiger charge is 2.28. The van der Waals surface area contributed by atoms with Crippen LogP contribution in [-0.4, -0.2) is 21.1 Å². The molecule has 7 heteroatoms. The normalized spacial score (nSPS) is 14.9. The van der Waals surface area contributed by atoms with Gasteiger partial charge in [0, 0.05) is 47.0 Å². The fourth-order valence-corrected chi connectivity index (χ4v) is 3.89. The Morgan fingerprint density at radius 2 is 2.13 bits per heavy atom. The van der Waals surface area contributed by atoms with Gasteiger partial charge in [-0.25, -0.2) is 9.97 Å². The quantitative estimate of drug-likeness (QED) is 0.501. The molecule has 1 aliphatic carbocycles. The molecule has 1 fully saturated rings. The summed E-state index contributed by atoms with van der Waals surface area (Å²) in [5.74, 6) is 0.609. The van der Waals surface area contributed by atoms with Crippen molar-refractivity contribution >= 4 is 28.1 Å². The lowest BCUT2D eigenvalue weighted by Crippen LogP contribution is -2.19. The number of nitrogens with two attached hydrogens (primary N) is 1. The van der Waals surface area contributed by atoms with Gasteiger partial charge >= 0.3 is 6.01 Å². The highest BCUT2D eigenvalue weighted by molar-refractivity contribution is 6.30. The maximum Gasteiger partial charge on any atom is 0.321 e. The number of benzene rings is 1. The van der Waals surface area contributed by atoms with Crippen LogP contribution in [0.25, 0.3) is 16.5 Å². The van der Waals surface area contributed by atoms with Crippen LogP contribution in [0.1, 0.15) is 36.6 Å². The molecule has 2 aromatic heterocycles. The smallest absolute Gasteiger partial charge is 0.321 e. The van der Waals surface area contributed by atoms with Crippen LogP contribution in [0.4, 0.5) is 0 Å². The van der Waals surface area contributed by atoms with Gasteiger partial charge in [0.15, 0.2) is 0 Å². The lowest BCUT2D eigenvalue weighted by atomic mass is 9.92. The Bertz CT molecular complexity index is 1220. The Morgan fingerprint density at radius 3 is 2.74 bits per heavy atom. The van der Waals surface area contributed by atoms with Gasteiger partial charge in [-0.15, -0.1) is 0 Å². The van der Waals surface area contributed by atoms with E-state index in [2.05, 4.69) is 27.2 Å². The fraction of sp³-hybridized carbons (Fsp3) is 0.208. The molecular weight excluding hydrogens is 410 g/mol. The van der Waals surface area contributed by atoms with E-state index in [1.165, 1.54) is 0 Å². The second kappa shape index (κ2) is 9.17. The van der Waals surface area contributed by atoms with Crippen LogP contribution < -0.4 is 10.5 Å². The first kappa shape index (κ1) is 20.9. The minimum absolute atomic E-state index is 0.219. The molecule has 0 amide bonds. The third-order valence-electron chi connectivity index (χ3n) is 5.36. The van der Waals surface area contributed by atoms with Gasteiger partial charge in [-0.2, -0.15) is 5.26 Å². The van der Waals surface area contributed by atoms with E-state index in [1.807, 2.05) is 30.4 Å². The van der Waals surface area contributed by atoms with Crippen molar-refractivity contribution in [3.05, 3.63) is 77.8 Å². The molecule has 2 N–H and O–H groups in total. The van der Waals surface area contributed by atoms with Crippen LogP contribution in [0.15, 0.2) is 66.5 Å². The highest BCUT2D eigenvalue weighted by atomic mass is 35.5. The summed E-state index contributed by atoms with van der Waals surface area (Å²) in [6.07, 6.45) is 11.9. The number of halogens is 1. The van der Waals surface area contributed by atoms with Crippen molar-refractivity contribution in [2.75, 3.05) is 6.54 Å². The molecule has 31 heavy (non-hydrogen) atoms. The molecular formula is C24H22ClN5O. The molecule has 3 aromatic rings. The van der Waals surface area contributed by atoms with Crippen LogP contribution in [0.5, 0.6) is 11.8 Å². The number of hydrogen-bond donors (Lipinski definition) is 1. The Kier molecular flexibility index (Phi) is 6.17. The van der Waals surface area contributed by atoms with Crippen molar-refractivity contribution in [2.24, 2.45) is 5.73 Å². The van der Waals surface area contributed by atoms with Gasteiger partial charge in [0.05, 0.1) is 16.8 Å². The van der Waals surface area contributed by atoms with Crippen molar-refractivity contribution in [1.82, 2.24) is 14.5 Å². The van der Waals surface area contributed by atoms with Crippen molar-refractivity contribution in [3.63, 3.8) is 0 Å². The molecule has 0 atom stereocenters. The zero-order chi connectivity index (χ0) is 21.8. The summed E-state index contributed by atoms with van der Waals surface area (Å²) in [5.41, 5.74) is 8.86. The molecule has 1 aromatic carbocycles. The van der Waals surface area contributed by atoms with Gasteiger partial charge < -0.3 is 15.0 Å². The molecule has 156 valence electrons. The second-order valence-electron chi connectivity index (χ2n) is 7.26. The average molecular weight is 432 g/mol. The first-order valence-electron chi connectivity index (χ1n) is 10.1. The van der Waals surface area contributed by atoms with E-state index in [0.29, 0.717) is 22.4 Å². The van der Waals surface area contributed by atoms with Crippen molar-refractivity contribution < 1.29 is 4.74 Å². The monoisotopic (exact) mass is 431 g/mol. The van der Waals surface area contributed by atoms with Crippen LogP contribution in [0.3, 0.4) is 0 Å². The number of aromatic nitrogens is 3. The molecule has 1 saturated carbocycles. The molecule has 1 aliphatic rings. The first-order valence-corrected chi connectivity index (χ1v) is 10.5. The highest BCUT2D eigenvalue weighted by Crippen LogP contribution is 2.42. The molecule has 6 nitrogen and oxygen atoms in total. The summed E-state index contributed by atoms with van der Waals surface area (Å²) >= 11 is 6.27. The molecule has 0 spiro atoms. The predicted molar refractivity (Wildman–Crippen MR) is 123 cm³/mol. The van der Waals surface area contributed by atoms with Gasteiger partial charge in [0.1, 0.15) is 11.8 Å². The lowest BCUT2D eigenvalue weighted by molar-refractivity contribution is 0.320. The predicted octanol–water partition coefficient (Wildman–Crippen LogP) is 5.47. The summed E-state index contributed by atoms with van der Waals surface area (Å²) in [6.45, 7) is 4.05. The van der Waals surface area contributed by atoms with Gasteiger partial charge in [-0.3, -0.25) is 0 Å². The van der Waals surface area contributed by atoms with Gasteiger partial charge in [0.25, 0.3) is 0 Å². The maximum atomic E-state index is 10.1. The summed E-state index contributed by atoms with van der Waals surface area (Å²) < 4.78 is 8.07. The molecule has 0 bridgehead atoms. The molecule has 2 heterocycles. The summed E-state index contributed by atoms with van der Waals surface area (Å²) in [7, 11) is 0. The Labute approximate surface area is 185 Å². The number of hydrogen-bond acceptors (Lipinski definition) is 5.